The molecule has 2 heterocycles. The minimum absolute atomic E-state index is 0.602. The van der Waals surface area contributed by atoms with Gasteiger partial charge in [0.15, 0.2) is 0 Å². The second kappa shape index (κ2) is 6.24. The molecule has 4 nitrogen and oxygen atoms in total. The lowest BCUT2D eigenvalue weighted by Gasteiger charge is -2.14. The third-order valence-electron chi connectivity index (χ3n) is 4.28. The van der Waals surface area contributed by atoms with E-state index in [2.05, 4.69) is 22.6 Å². The Labute approximate surface area is 130 Å². The summed E-state index contributed by atoms with van der Waals surface area (Å²) in [6.07, 6.45) is 2.06. The van der Waals surface area contributed by atoms with Crippen LogP contribution in [0.15, 0.2) is 18.2 Å². The van der Waals surface area contributed by atoms with Crippen LogP contribution >= 0.6 is 11.6 Å². The summed E-state index contributed by atoms with van der Waals surface area (Å²) >= 11 is 5.95. The number of benzene rings is 1. The monoisotopic (exact) mass is 307 g/mol. The van der Waals surface area contributed by atoms with Gasteiger partial charge in [-0.25, -0.2) is 4.98 Å². The molecule has 1 aliphatic rings. The highest BCUT2D eigenvalue weighted by molar-refractivity contribution is 6.17. The van der Waals surface area contributed by atoms with Crippen molar-refractivity contribution in [1.29, 1.82) is 0 Å². The zero-order chi connectivity index (χ0) is 14.8. The molecule has 2 aromatic rings. The summed E-state index contributed by atoms with van der Waals surface area (Å²) in [6, 6.07) is 6.08. The molecular weight excluding hydrogens is 286 g/mol. The van der Waals surface area contributed by atoms with E-state index >= 15 is 0 Å². The molecule has 3 rings (SSSR count). The van der Waals surface area contributed by atoms with E-state index < -0.39 is 0 Å². The van der Waals surface area contributed by atoms with Crippen molar-refractivity contribution in [3.05, 3.63) is 24.0 Å². The Morgan fingerprint density at radius 2 is 2.29 bits per heavy atom. The predicted octanol–water partition coefficient (Wildman–Crippen LogP) is 2.78. The second-order valence-corrected chi connectivity index (χ2v) is 6.23. The molecule has 21 heavy (non-hydrogen) atoms. The van der Waals surface area contributed by atoms with Crippen LogP contribution in [0.3, 0.4) is 0 Å². The third kappa shape index (κ3) is 3.01. The summed E-state index contributed by atoms with van der Waals surface area (Å²) in [5.74, 6) is 3.26. The van der Waals surface area contributed by atoms with Gasteiger partial charge in [0.25, 0.3) is 0 Å². The fraction of sp³-hybridized carbons (Fsp3) is 0.562. The van der Waals surface area contributed by atoms with Gasteiger partial charge in [-0.3, -0.25) is 0 Å². The molecule has 1 aromatic carbocycles. The maximum Gasteiger partial charge on any atom is 0.121 e. The number of imidazole rings is 1. The van der Waals surface area contributed by atoms with Crippen LogP contribution in [0.4, 0.5) is 0 Å². The minimum Gasteiger partial charge on any atom is -0.497 e. The Morgan fingerprint density at radius 3 is 2.95 bits per heavy atom. The molecule has 1 saturated heterocycles. The third-order valence-corrected chi connectivity index (χ3v) is 4.47. The number of likely N-dealkylation sites (tertiary alicyclic amines) is 1. The number of hydrogen-bond donors (Lipinski definition) is 0. The highest BCUT2D eigenvalue weighted by Crippen LogP contribution is 2.25. The molecule has 0 aliphatic carbocycles. The number of aromatic nitrogens is 2. The summed E-state index contributed by atoms with van der Waals surface area (Å²) in [5, 5.41) is 0. The van der Waals surface area contributed by atoms with Crippen molar-refractivity contribution in [3.8, 4) is 5.75 Å². The number of nitrogens with zero attached hydrogens (tertiary/aromatic N) is 3. The highest BCUT2D eigenvalue weighted by atomic mass is 35.5. The van der Waals surface area contributed by atoms with Crippen LogP contribution < -0.4 is 4.74 Å². The Balaban J connectivity index is 1.97. The van der Waals surface area contributed by atoms with Crippen LogP contribution in [0.1, 0.15) is 12.2 Å². The van der Waals surface area contributed by atoms with Crippen molar-refractivity contribution < 1.29 is 4.74 Å². The van der Waals surface area contributed by atoms with Gasteiger partial charge >= 0.3 is 0 Å². The lowest BCUT2D eigenvalue weighted by Crippen LogP contribution is -2.18. The van der Waals surface area contributed by atoms with E-state index in [9.17, 15) is 0 Å². The molecule has 0 spiro atoms. The van der Waals surface area contributed by atoms with E-state index in [1.165, 1.54) is 13.0 Å². The first-order chi connectivity index (χ1) is 10.2. The molecule has 1 aliphatic heterocycles. The Hall–Kier alpha value is -1.26. The smallest absolute Gasteiger partial charge is 0.121 e. The molecule has 0 N–H and O–H groups in total. The van der Waals surface area contributed by atoms with Gasteiger partial charge in [-0.1, -0.05) is 0 Å². The summed E-state index contributed by atoms with van der Waals surface area (Å²) in [7, 11) is 3.89. The average Bonchev–Trinajstić information content (AvgIpc) is 3.04. The fourth-order valence-electron chi connectivity index (χ4n) is 3.19. The number of rotatable bonds is 5. The summed E-state index contributed by atoms with van der Waals surface area (Å²) in [5.41, 5.74) is 2.19. The second-order valence-electron chi connectivity index (χ2n) is 5.85. The van der Waals surface area contributed by atoms with E-state index in [1.54, 1.807) is 7.11 Å². The van der Waals surface area contributed by atoms with Crippen LogP contribution in [0.2, 0.25) is 0 Å². The number of hydrogen-bond acceptors (Lipinski definition) is 3. The first-order valence-electron chi connectivity index (χ1n) is 7.49. The number of aryl methyl sites for hydroxylation is 1. The molecule has 1 aromatic heterocycles. The predicted molar refractivity (Wildman–Crippen MR) is 86.3 cm³/mol. The number of ether oxygens (including phenoxy) is 1. The molecule has 114 valence electrons. The van der Waals surface area contributed by atoms with Crippen molar-refractivity contribution in [1.82, 2.24) is 14.5 Å². The van der Waals surface area contributed by atoms with Crippen LogP contribution in [0.5, 0.6) is 5.75 Å². The molecule has 1 atom stereocenters. The van der Waals surface area contributed by atoms with Gasteiger partial charge in [0.1, 0.15) is 11.6 Å². The number of methoxy groups -OCH3 is 1. The van der Waals surface area contributed by atoms with Crippen molar-refractivity contribution in [2.45, 2.75) is 19.4 Å². The number of fused-ring (bicyclic) bond motifs is 1. The lowest BCUT2D eigenvalue weighted by atomic mass is 10.1. The van der Waals surface area contributed by atoms with E-state index in [4.69, 9.17) is 21.3 Å². The van der Waals surface area contributed by atoms with Gasteiger partial charge in [-0.05, 0) is 38.1 Å². The number of alkyl halides is 1. The van der Waals surface area contributed by atoms with Crippen LogP contribution in [0.25, 0.3) is 11.0 Å². The van der Waals surface area contributed by atoms with Crippen LogP contribution in [0, 0.1) is 5.92 Å². The van der Waals surface area contributed by atoms with Gasteiger partial charge < -0.3 is 14.2 Å². The normalized spacial score (nSPS) is 19.5. The highest BCUT2D eigenvalue weighted by Gasteiger charge is 2.22. The molecular formula is C16H22ClN3O. The molecule has 0 saturated carbocycles. The SMILES string of the molecule is COc1ccc2nc(CCCl)n(CC3CCN(C)C3)c2c1. The van der Waals surface area contributed by atoms with Crippen molar-refractivity contribution in [3.63, 3.8) is 0 Å². The first kappa shape index (κ1) is 14.7. The van der Waals surface area contributed by atoms with Crippen molar-refractivity contribution in [2.24, 2.45) is 5.92 Å². The van der Waals surface area contributed by atoms with Crippen molar-refractivity contribution in [2.75, 3.05) is 33.1 Å². The van der Waals surface area contributed by atoms with Gasteiger partial charge in [0.2, 0.25) is 0 Å². The first-order valence-corrected chi connectivity index (χ1v) is 8.02. The van der Waals surface area contributed by atoms with E-state index in [1.807, 2.05) is 12.1 Å². The van der Waals surface area contributed by atoms with E-state index in [0.717, 1.165) is 42.1 Å². The van der Waals surface area contributed by atoms with Gasteiger partial charge in [-0.2, -0.15) is 0 Å². The summed E-state index contributed by atoms with van der Waals surface area (Å²) in [6.45, 7) is 3.36. The summed E-state index contributed by atoms with van der Waals surface area (Å²) < 4.78 is 7.70. The zero-order valence-electron chi connectivity index (χ0n) is 12.7. The molecule has 0 bridgehead atoms. The van der Waals surface area contributed by atoms with Gasteiger partial charge in [-0.15, -0.1) is 11.6 Å². The number of halogens is 1. The fourth-order valence-corrected chi connectivity index (χ4v) is 3.36. The Kier molecular flexibility index (Phi) is 4.36. The Bertz CT molecular complexity index is 625. The lowest BCUT2D eigenvalue weighted by molar-refractivity contribution is 0.377. The van der Waals surface area contributed by atoms with Crippen LogP contribution in [-0.2, 0) is 13.0 Å². The maximum atomic E-state index is 5.95. The largest absolute Gasteiger partial charge is 0.497 e. The Morgan fingerprint density at radius 1 is 1.43 bits per heavy atom. The zero-order valence-corrected chi connectivity index (χ0v) is 13.4. The molecule has 1 unspecified atom stereocenters. The average molecular weight is 308 g/mol. The van der Waals surface area contributed by atoms with E-state index in [0.29, 0.717) is 11.8 Å². The minimum atomic E-state index is 0.602. The van der Waals surface area contributed by atoms with Gasteiger partial charge in [0, 0.05) is 31.5 Å². The maximum absolute atomic E-state index is 5.95. The van der Waals surface area contributed by atoms with E-state index in [-0.39, 0.29) is 0 Å². The molecule has 5 heteroatoms. The standard InChI is InChI=1S/C16H22ClN3O/c1-19-8-6-12(10-19)11-20-15-9-13(21-2)3-4-14(15)18-16(20)5-7-17/h3-4,9,12H,5-8,10-11H2,1-2H3. The van der Waals surface area contributed by atoms with Crippen molar-refractivity contribution >= 4 is 22.6 Å². The topological polar surface area (TPSA) is 30.3 Å². The van der Waals surface area contributed by atoms with Gasteiger partial charge in [0.05, 0.1) is 18.1 Å². The molecule has 0 amide bonds. The quantitative estimate of drug-likeness (QED) is 0.796. The molecule has 1 fully saturated rings. The van der Waals surface area contributed by atoms with Crippen LogP contribution in [-0.4, -0.2) is 47.6 Å². The molecule has 0 radical (unpaired) electrons. The summed E-state index contributed by atoms with van der Waals surface area (Å²) in [4.78, 5) is 7.14.